The number of benzene rings is 1. The predicted octanol–water partition coefficient (Wildman–Crippen LogP) is 2.28. The number of likely N-dealkylation sites (tertiary alicyclic amines) is 1. The maximum atomic E-state index is 12.8. The zero-order valence-corrected chi connectivity index (χ0v) is 14.7. The second kappa shape index (κ2) is 7.11. The molecule has 0 radical (unpaired) electrons. The third kappa shape index (κ3) is 3.42. The molecular formula is C18H24ClN3O2. The quantitative estimate of drug-likeness (QED) is 0.851. The lowest BCUT2D eigenvalue weighted by molar-refractivity contribution is -0.141. The molecular weight excluding hydrogens is 326 g/mol. The Bertz CT molecular complexity index is 626. The van der Waals surface area contributed by atoms with Crippen molar-refractivity contribution in [3.63, 3.8) is 0 Å². The highest BCUT2D eigenvalue weighted by atomic mass is 35.5. The summed E-state index contributed by atoms with van der Waals surface area (Å²) in [5.74, 6) is -0.239. The maximum absolute atomic E-state index is 12.8. The Labute approximate surface area is 147 Å². The molecule has 0 bridgehead atoms. The van der Waals surface area contributed by atoms with Crippen LogP contribution in [0.1, 0.15) is 26.2 Å². The Balaban J connectivity index is 1.64. The minimum Gasteiger partial charge on any atom is -0.342 e. The van der Waals surface area contributed by atoms with Gasteiger partial charge in [0.15, 0.2) is 0 Å². The van der Waals surface area contributed by atoms with Crippen molar-refractivity contribution in [2.24, 2.45) is 17.6 Å². The third-order valence-corrected chi connectivity index (χ3v) is 5.45. The lowest BCUT2D eigenvalue weighted by atomic mass is 9.90. The summed E-state index contributed by atoms with van der Waals surface area (Å²) in [5.41, 5.74) is 6.72. The van der Waals surface area contributed by atoms with Gasteiger partial charge in [-0.05, 0) is 50.3 Å². The van der Waals surface area contributed by atoms with Gasteiger partial charge in [0, 0.05) is 36.4 Å². The molecule has 3 rings (SSSR count). The normalized spacial score (nSPS) is 23.6. The van der Waals surface area contributed by atoms with Gasteiger partial charge in [-0.15, -0.1) is 0 Å². The molecule has 0 aromatic heterocycles. The number of hydrogen-bond acceptors (Lipinski definition) is 3. The summed E-state index contributed by atoms with van der Waals surface area (Å²) in [6.07, 6.45) is 2.40. The lowest BCUT2D eigenvalue weighted by Crippen LogP contribution is -2.46. The number of carbonyl (C=O) groups excluding carboxylic acids is 2. The number of nitrogens with zero attached hydrogens (tertiary/aromatic N) is 2. The number of halogens is 1. The van der Waals surface area contributed by atoms with Crippen LogP contribution in [0.5, 0.6) is 0 Å². The van der Waals surface area contributed by atoms with Gasteiger partial charge < -0.3 is 15.5 Å². The summed E-state index contributed by atoms with van der Waals surface area (Å²) < 4.78 is 0. The molecule has 1 aromatic rings. The van der Waals surface area contributed by atoms with Crippen LogP contribution in [0.4, 0.5) is 5.69 Å². The van der Waals surface area contributed by atoms with E-state index in [2.05, 4.69) is 0 Å². The highest BCUT2D eigenvalue weighted by molar-refractivity contribution is 6.31. The molecule has 6 heteroatoms. The number of rotatable bonds is 3. The van der Waals surface area contributed by atoms with E-state index in [0.717, 1.165) is 18.5 Å². The molecule has 1 aromatic carbocycles. The van der Waals surface area contributed by atoms with Crippen LogP contribution < -0.4 is 10.6 Å². The zero-order chi connectivity index (χ0) is 17.3. The Hall–Kier alpha value is -1.59. The molecule has 2 atom stereocenters. The molecule has 0 saturated carbocycles. The molecule has 2 saturated heterocycles. The predicted molar refractivity (Wildman–Crippen MR) is 94.9 cm³/mol. The number of nitrogens with two attached hydrogens (primary N) is 1. The van der Waals surface area contributed by atoms with Crippen LogP contribution in [-0.2, 0) is 9.59 Å². The van der Waals surface area contributed by atoms with E-state index in [0.29, 0.717) is 37.0 Å². The topological polar surface area (TPSA) is 66.6 Å². The molecule has 2 unspecified atom stereocenters. The van der Waals surface area contributed by atoms with Crippen LogP contribution in [0.15, 0.2) is 24.3 Å². The first-order valence-electron chi connectivity index (χ1n) is 8.58. The smallest absolute Gasteiger partial charge is 0.239 e. The molecule has 2 N–H and O–H groups in total. The van der Waals surface area contributed by atoms with E-state index < -0.39 is 5.92 Å². The highest BCUT2D eigenvalue weighted by Crippen LogP contribution is 2.29. The van der Waals surface area contributed by atoms with Crippen LogP contribution in [0, 0.1) is 11.8 Å². The summed E-state index contributed by atoms with van der Waals surface area (Å²) in [4.78, 5) is 28.9. The summed E-state index contributed by atoms with van der Waals surface area (Å²) >= 11 is 6.01. The Kier molecular flexibility index (Phi) is 5.11. The summed E-state index contributed by atoms with van der Waals surface area (Å²) in [6, 6.07) is 7.37. The van der Waals surface area contributed by atoms with Gasteiger partial charge in [0.25, 0.3) is 0 Å². The summed E-state index contributed by atoms with van der Waals surface area (Å²) in [5, 5.41) is 0.591. The number of piperidine rings is 1. The average Bonchev–Trinajstić information content (AvgIpc) is 2.96. The molecule has 0 aliphatic carbocycles. The number of carbonyl (C=O) groups is 2. The Morgan fingerprint density at radius 2 is 1.96 bits per heavy atom. The van der Waals surface area contributed by atoms with Gasteiger partial charge in [-0.1, -0.05) is 17.7 Å². The van der Waals surface area contributed by atoms with Crippen molar-refractivity contribution in [1.82, 2.24) is 4.90 Å². The fourth-order valence-corrected chi connectivity index (χ4v) is 3.86. The zero-order valence-electron chi connectivity index (χ0n) is 14.0. The van der Waals surface area contributed by atoms with Crippen molar-refractivity contribution in [2.75, 3.05) is 24.5 Å². The lowest BCUT2D eigenvalue weighted by Gasteiger charge is -2.34. The van der Waals surface area contributed by atoms with E-state index >= 15 is 0 Å². The molecule has 2 amide bonds. The van der Waals surface area contributed by atoms with E-state index in [9.17, 15) is 9.59 Å². The number of anilines is 1. The SMILES string of the molecule is CC(N)C1CCN(C(=O)C2CCN(c3cccc(Cl)c3)C2=O)CC1. The second-order valence-corrected chi connectivity index (χ2v) is 7.27. The van der Waals surface area contributed by atoms with Crippen LogP contribution in [0.25, 0.3) is 0 Å². The van der Waals surface area contributed by atoms with Crippen LogP contribution in [0.3, 0.4) is 0 Å². The van der Waals surface area contributed by atoms with Gasteiger partial charge in [-0.3, -0.25) is 9.59 Å². The van der Waals surface area contributed by atoms with Gasteiger partial charge in [-0.25, -0.2) is 0 Å². The monoisotopic (exact) mass is 349 g/mol. The van der Waals surface area contributed by atoms with Crippen molar-refractivity contribution in [3.8, 4) is 0 Å². The van der Waals surface area contributed by atoms with Crippen molar-refractivity contribution >= 4 is 29.1 Å². The van der Waals surface area contributed by atoms with E-state index in [4.69, 9.17) is 17.3 Å². The average molecular weight is 350 g/mol. The molecule has 24 heavy (non-hydrogen) atoms. The van der Waals surface area contributed by atoms with Crippen molar-refractivity contribution in [1.29, 1.82) is 0 Å². The van der Waals surface area contributed by atoms with E-state index in [1.54, 1.807) is 17.0 Å². The molecule has 2 aliphatic heterocycles. The summed E-state index contributed by atoms with van der Waals surface area (Å²) in [7, 11) is 0. The van der Waals surface area contributed by atoms with Gasteiger partial charge >= 0.3 is 0 Å². The minimum atomic E-state index is -0.559. The van der Waals surface area contributed by atoms with Crippen LogP contribution in [-0.4, -0.2) is 42.4 Å². The highest BCUT2D eigenvalue weighted by Gasteiger charge is 2.40. The van der Waals surface area contributed by atoms with Gasteiger partial charge in [0.1, 0.15) is 5.92 Å². The van der Waals surface area contributed by atoms with E-state index in [1.807, 2.05) is 24.0 Å². The van der Waals surface area contributed by atoms with Gasteiger partial charge in [-0.2, -0.15) is 0 Å². The van der Waals surface area contributed by atoms with Crippen LogP contribution >= 0.6 is 11.6 Å². The Morgan fingerprint density at radius 3 is 2.58 bits per heavy atom. The first-order valence-corrected chi connectivity index (χ1v) is 8.96. The molecule has 2 fully saturated rings. The fraction of sp³-hybridized carbons (Fsp3) is 0.556. The molecule has 5 nitrogen and oxygen atoms in total. The maximum Gasteiger partial charge on any atom is 0.239 e. The Morgan fingerprint density at radius 1 is 1.25 bits per heavy atom. The molecule has 130 valence electrons. The second-order valence-electron chi connectivity index (χ2n) is 6.83. The minimum absolute atomic E-state index is 0.0346. The number of amides is 2. The van der Waals surface area contributed by atoms with Crippen LogP contribution in [0.2, 0.25) is 5.02 Å². The van der Waals surface area contributed by atoms with Crippen molar-refractivity contribution < 1.29 is 9.59 Å². The summed E-state index contributed by atoms with van der Waals surface area (Å²) in [6.45, 7) is 3.98. The number of hydrogen-bond donors (Lipinski definition) is 1. The van der Waals surface area contributed by atoms with E-state index in [1.165, 1.54) is 0 Å². The van der Waals surface area contributed by atoms with Crippen molar-refractivity contribution in [3.05, 3.63) is 29.3 Å². The van der Waals surface area contributed by atoms with Crippen molar-refractivity contribution in [2.45, 2.75) is 32.2 Å². The standard InChI is InChI=1S/C18H24ClN3O2/c1-12(20)13-5-8-21(9-6-13)17(23)16-7-10-22(18(16)24)15-4-2-3-14(19)11-15/h2-4,11-13,16H,5-10,20H2,1H3. The molecule has 0 spiro atoms. The molecule has 2 heterocycles. The third-order valence-electron chi connectivity index (χ3n) is 5.22. The fourth-order valence-electron chi connectivity index (χ4n) is 3.68. The van der Waals surface area contributed by atoms with Gasteiger partial charge in [0.2, 0.25) is 11.8 Å². The largest absolute Gasteiger partial charge is 0.342 e. The van der Waals surface area contributed by atoms with E-state index in [-0.39, 0.29) is 17.9 Å². The molecule has 2 aliphatic rings. The first-order chi connectivity index (χ1) is 11.5. The van der Waals surface area contributed by atoms with Gasteiger partial charge in [0.05, 0.1) is 0 Å². The first kappa shape index (κ1) is 17.2.